The molecule has 2 aromatic carbocycles. The lowest BCUT2D eigenvalue weighted by Gasteiger charge is -2.34. The number of hydrogen-bond donors (Lipinski definition) is 1. The lowest BCUT2D eigenvalue weighted by molar-refractivity contribution is -0.137. The molecule has 7 nitrogen and oxygen atoms in total. The summed E-state index contributed by atoms with van der Waals surface area (Å²) in [6.45, 7) is 2.31. The average molecular weight is 484 g/mol. The van der Waals surface area contributed by atoms with E-state index in [1.165, 1.54) is 52.5 Å². The summed E-state index contributed by atoms with van der Waals surface area (Å²) in [4.78, 5) is 25.3. The summed E-state index contributed by atoms with van der Waals surface area (Å²) < 4.78 is 64.7. The number of nitrogens with one attached hydrogen (secondary N) is 1. The predicted octanol–water partition coefficient (Wildman–Crippen LogP) is 3.17. The van der Waals surface area contributed by atoms with Gasteiger partial charge in [-0.05, 0) is 43.2 Å². The number of alkyl halides is 3. The molecule has 0 saturated carbocycles. The fraction of sp³-hybridized carbons (Fsp3) is 0.364. The second-order valence-corrected chi connectivity index (χ2v) is 9.59. The Labute approximate surface area is 190 Å². The van der Waals surface area contributed by atoms with Gasteiger partial charge in [-0.25, -0.2) is 13.2 Å². The molecule has 33 heavy (non-hydrogen) atoms. The summed E-state index contributed by atoms with van der Waals surface area (Å²) >= 11 is 0. The van der Waals surface area contributed by atoms with Gasteiger partial charge in [-0.1, -0.05) is 24.3 Å². The predicted molar refractivity (Wildman–Crippen MR) is 115 cm³/mol. The molecule has 0 atom stereocenters. The maximum atomic E-state index is 12.8. The van der Waals surface area contributed by atoms with Gasteiger partial charge in [-0.2, -0.15) is 17.5 Å². The van der Waals surface area contributed by atoms with Crippen molar-refractivity contribution < 1.29 is 31.2 Å². The largest absolute Gasteiger partial charge is 0.416 e. The van der Waals surface area contributed by atoms with Crippen molar-refractivity contribution >= 4 is 21.8 Å². The van der Waals surface area contributed by atoms with Crippen LogP contribution < -0.4 is 5.32 Å². The number of carbonyl (C=O) groups is 2. The molecule has 1 N–H and O–H groups in total. The minimum absolute atomic E-state index is 0.0851. The van der Waals surface area contributed by atoms with Crippen LogP contribution in [0.25, 0.3) is 0 Å². The number of rotatable bonds is 6. The number of carbonyl (C=O) groups excluding carboxylic acids is 2. The minimum Gasteiger partial charge on any atom is -0.338 e. The first kappa shape index (κ1) is 24.7. The third-order valence-corrected chi connectivity index (χ3v) is 7.31. The zero-order valence-electron chi connectivity index (χ0n) is 17.9. The molecule has 0 bridgehead atoms. The van der Waals surface area contributed by atoms with Crippen molar-refractivity contribution in [1.82, 2.24) is 14.5 Å². The van der Waals surface area contributed by atoms with Crippen LogP contribution >= 0.6 is 0 Å². The quantitative estimate of drug-likeness (QED) is 0.640. The van der Waals surface area contributed by atoms with Crippen LogP contribution in [0.1, 0.15) is 28.4 Å². The zero-order valence-corrected chi connectivity index (χ0v) is 18.7. The van der Waals surface area contributed by atoms with E-state index < -0.39 is 21.8 Å². The van der Waals surface area contributed by atoms with Gasteiger partial charge in [0.25, 0.3) is 0 Å². The molecule has 1 saturated heterocycles. The molecule has 1 aliphatic rings. The van der Waals surface area contributed by atoms with Gasteiger partial charge in [-0.15, -0.1) is 0 Å². The Bertz CT molecular complexity index is 1090. The lowest BCUT2D eigenvalue weighted by atomic mass is 10.1. The topological polar surface area (TPSA) is 86.8 Å². The SMILES string of the molecule is CC(=O)c1ccc(S(=O)(=O)N2CCN(C(=O)NCCc3ccc(C(F)(F)F)cc3)CC2)cc1. The number of benzene rings is 2. The van der Waals surface area contributed by atoms with Crippen LogP contribution in [0.2, 0.25) is 0 Å². The molecule has 1 heterocycles. The van der Waals surface area contributed by atoms with Crippen LogP contribution in [-0.4, -0.2) is 62.2 Å². The van der Waals surface area contributed by atoms with Crippen LogP contribution in [0.4, 0.5) is 18.0 Å². The Hall–Kier alpha value is -2.92. The molecule has 2 aromatic rings. The summed E-state index contributed by atoms with van der Waals surface area (Å²) in [7, 11) is -3.74. The molecule has 0 aromatic heterocycles. The van der Waals surface area contributed by atoms with Gasteiger partial charge < -0.3 is 10.2 Å². The van der Waals surface area contributed by atoms with Crippen molar-refractivity contribution in [1.29, 1.82) is 0 Å². The highest BCUT2D eigenvalue weighted by molar-refractivity contribution is 7.89. The van der Waals surface area contributed by atoms with Gasteiger partial charge in [0.2, 0.25) is 10.0 Å². The van der Waals surface area contributed by atoms with Gasteiger partial charge >= 0.3 is 12.2 Å². The van der Waals surface area contributed by atoms with E-state index in [0.29, 0.717) is 17.5 Å². The van der Waals surface area contributed by atoms with Gasteiger partial charge in [0.15, 0.2) is 5.78 Å². The van der Waals surface area contributed by atoms with E-state index in [1.54, 1.807) is 0 Å². The van der Waals surface area contributed by atoms with Gasteiger partial charge in [0.05, 0.1) is 10.5 Å². The van der Waals surface area contributed by atoms with Gasteiger partial charge in [-0.3, -0.25) is 4.79 Å². The smallest absolute Gasteiger partial charge is 0.338 e. The number of nitrogens with zero attached hydrogens (tertiary/aromatic N) is 2. The van der Waals surface area contributed by atoms with E-state index >= 15 is 0 Å². The molecule has 3 rings (SSSR count). The second-order valence-electron chi connectivity index (χ2n) is 7.65. The van der Waals surface area contributed by atoms with Crippen LogP contribution in [-0.2, 0) is 22.6 Å². The third-order valence-electron chi connectivity index (χ3n) is 5.40. The van der Waals surface area contributed by atoms with Crippen LogP contribution in [0.5, 0.6) is 0 Å². The summed E-state index contributed by atoms with van der Waals surface area (Å²) in [5.74, 6) is -0.156. The zero-order chi connectivity index (χ0) is 24.2. The number of ketones is 1. The van der Waals surface area contributed by atoms with E-state index in [-0.39, 0.29) is 49.4 Å². The van der Waals surface area contributed by atoms with E-state index in [0.717, 1.165) is 12.1 Å². The monoisotopic (exact) mass is 483 g/mol. The van der Waals surface area contributed by atoms with E-state index in [9.17, 15) is 31.2 Å². The summed E-state index contributed by atoms with van der Waals surface area (Å²) in [6, 6.07) is 10.1. The van der Waals surface area contributed by atoms with Gasteiger partial charge in [0.1, 0.15) is 0 Å². The fourth-order valence-corrected chi connectivity index (χ4v) is 4.85. The molecule has 0 aliphatic carbocycles. The lowest BCUT2D eigenvalue weighted by Crippen LogP contribution is -2.53. The number of piperazine rings is 1. The Morgan fingerprint density at radius 1 is 0.939 bits per heavy atom. The van der Waals surface area contributed by atoms with Crippen molar-refractivity contribution in [3.05, 3.63) is 65.2 Å². The molecular weight excluding hydrogens is 459 g/mol. The Morgan fingerprint density at radius 2 is 1.52 bits per heavy atom. The third kappa shape index (κ3) is 6.11. The van der Waals surface area contributed by atoms with Crippen LogP contribution in [0, 0.1) is 0 Å². The summed E-state index contributed by atoms with van der Waals surface area (Å²) in [5.41, 5.74) is 0.361. The van der Waals surface area contributed by atoms with Crippen molar-refractivity contribution in [2.75, 3.05) is 32.7 Å². The minimum atomic E-state index is -4.39. The van der Waals surface area contributed by atoms with E-state index in [2.05, 4.69) is 5.32 Å². The molecule has 0 radical (unpaired) electrons. The molecular formula is C22H24F3N3O4S. The van der Waals surface area contributed by atoms with Gasteiger partial charge in [0, 0.05) is 38.3 Å². The molecule has 0 unspecified atom stereocenters. The van der Waals surface area contributed by atoms with Crippen molar-refractivity contribution in [2.24, 2.45) is 0 Å². The first-order valence-corrected chi connectivity index (χ1v) is 11.7. The molecule has 11 heteroatoms. The van der Waals surface area contributed by atoms with E-state index in [4.69, 9.17) is 0 Å². The summed E-state index contributed by atoms with van der Waals surface area (Å²) in [6.07, 6.45) is -4.02. The molecule has 1 aliphatic heterocycles. The molecule has 2 amide bonds. The Morgan fingerprint density at radius 3 is 2.03 bits per heavy atom. The fourth-order valence-electron chi connectivity index (χ4n) is 3.43. The van der Waals surface area contributed by atoms with Crippen LogP contribution in [0.3, 0.4) is 0 Å². The maximum Gasteiger partial charge on any atom is 0.416 e. The average Bonchev–Trinajstić information content (AvgIpc) is 2.79. The number of sulfonamides is 1. The Kier molecular flexibility index (Phi) is 7.43. The Balaban J connectivity index is 1.48. The van der Waals surface area contributed by atoms with Crippen LogP contribution in [0.15, 0.2) is 53.4 Å². The molecule has 1 fully saturated rings. The van der Waals surface area contributed by atoms with Crippen molar-refractivity contribution in [2.45, 2.75) is 24.4 Å². The van der Waals surface area contributed by atoms with Crippen molar-refractivity contribution in [3.63, 3.8) is 0 Å². The normalized spacial score (nSPS) is 15.3. The summed E-state index contributed by atoms with van der Waals surface area (Å²) in [5, 5.41) is 2.71. The number of amides is 2. The number of halogens is 3. The molecule has 178 valence electrons. The number of Topliss-reactive ketones (excluding diaryl/α,β-unsaturated/α-hetero) is 1. The standard InChI is InChI=1S/C22H24F3N3O4S/c1-16(29)18-4-8-20(9-5-18)33(31,32)28-14-12-27(13-15-28)21(30)26-11-10-17-2-6-19(7-3-17)22(23,24)25/h2-9H,10-15H2,1H3,(H,26,30). The highest BCUT2D eigenvalue weighted by Crippen LogP contribution is 2.29. The highest BCUT2D eigenvalue weighted by Gasteiger charge is 2.31. The maximum absolute atomic E-state index is 12.8. The second kappa shape index (κ2) is 9.92. The number of hydrogen-bond acceptors (Lipinski definition) is 4. The van der Waals surface area contributed by atoms with E-state index in [1.807, 2.05) is 0 Å². The molecule has 0 spiro atoms. The first-order chi connectivity index (χ1) is 15.5. The highest BCUT2D eigenvalue weighted by atomic mass is 32.2. The number of urea groups is 1. The first-order valence-electron chi connectivity index (χ1n) is 10.3. The van der Waals surface area contributed by atoms with Crippen molar-refractivity contribution in [3.8, 4) is 0 Å².